The van der Waals surface area contributed by atoms with Gasteiger partial charge in [-0.2, -0.15) is 0 Å². The second-order valence-corrected chi connectivity index (χ2v) is 5.50. The molecule has 5 heteroatoms. The Morgan fingerprint density at radius 3 is 2.67 bits per heavy atom. The highest BCUT2D eigenvalue weighted by Crippen LogP contribution is 2.26. The zero-order chi connectivity index (χ0) is 15.2. The summed E-state index contributed by atoms with van der Waals surface area (Å²) in [5.41, 5.74) is 0.996. The number of carboxylic acids is 1. The van der Waals surface area contributed by atoms with Gasteiger partial charge in [-0.3, -0.25) is 9.59 Å². The van der Waals surface area contributed by atoms with Gasteiger partial charge in [-0.25, -0.2) is 0 Å². The van der Waals surface area contributed by atoms with Crippen molar-refractivity contribution in [1.82, 2.24) is 5.32 Å². The van der Waals surface area contributed by atoms with Crippen molar-refractivity contribution in [2.24, 2.45) is 11.8 Å². The van der Waals surface area contributed by atoms with E-state index in [0.29, 0.717) is 12.5 Å². The number of amides is 1. The van der Waals surface area contributed by atoms with Crippen LogP contribution in [-0.4, -0.2) is 30.2 Å². The molecule has 3 unspecified atom stereocenters. The summed E-state index contributed by atoms with van der Waals surface area (Å²) in [5, 5.41) is 11.8. The Morgan fingerprint density at radius 2 is 2.10 bits per heavy atom. The maximum Gasteiger partial charge on any atom is 0.315 e. The number of carbonyl (C=O) groups is 2. The number of hydrogen-bond donors (Lipinski definition) is 2. The van der Waals surface area contributed by atoms with Crippen LogP contribution in [0.4, 0.5) is 0 Å². The van der Waals surface area contributed by atoms with Gasteiger partial charge in [0.2, 0.25) is 5.91 Å². The van der Waals surface area contributed by atoms with Crippen molar-refractivity contribution in [3.8, 4) is 0 Å². The Kier molecular flexibility index (Phi) is 5.33. The number of aliphatic carboxylic acids is 1. The first kappa shape index (κ1) is 15.5. The van der Waals surface area contributed by atoms with Crippen molar-refractivity contribution in [2.75, 3.05) is 13.2 Å². The number of carbonyl (C=O) groups excluding carboxylic acids is 1. The highest BCUT2D eigenvalue weighted by atomic mass is 16.5. The largest absolute Gasteiger partial charge is 0.481 e. The molecule has 0 saturated carbocycles. The van der Waals surface area contributed by atoms with Crippen molar-refractivity contribution in [1.29, 1.82) is 0 Å². The lowest BCUT2D eigenvalue weighted by molar-refractivity contribution is -0.146. The van der Waals surface area contributed by atoms with Gasteiger partial charge in [0.15, 0.2) is 0 Å². The molecule has 1 aromatic rings. The molecule has 21 heavy (non-hydrogen) atoms. The molecule has 2 rings (SSSR count). The molecule has 0 bridgehead atoms. The van der Waals surface area contributed by atoms with Crippen LogP contribution in [0.3, 0.4) is 0 Å². The minimum atomic E-state index is -1.11. The number of benzene rings is 1. The molecular formula is C16H21NO4. The van der Waals surface area contributed by atoms with E-state index in [4.69, 9.17) is 9.84 Å². The number of ether oxygens (including phenoxy) is 1. The molecule has 0 aliphatic carbocycles. The summed E-state index contributed by atoms with van der Waals surface area (Å²) in [4.78, 5) is 22.9. The second-order valence-electron chi connectivity index (χ2n) is 5.50. The fourth-order valence-electron chi connectivity index (χ4n) is 2.48. The highest BCUT2D eigenvalue weighted by molar-refractivity contribution is 5.96. The van der Waals surface area contributed by atoms with E-state index in [9.17, 15) is 9.59 Å². The molecule has 5 nitrogen and oxygen atoms in total. The van der Waals surface area contributed by atoms with Crippen LogP contribution in [0.15, 0.2) is 30.3 Å². The minimum absolute atomic E-state index is 0.174. The molecule has 1 heterocycles. The van der Waals surface area contributed by atoms with Crippen LogP contribution in [0.25, 0.3) is 0 Å². The fourth-order valence-corrected chi connectivity index (χ4v) is 2.48. The van der Waals surface area contributed by atoms with Crippen LogP contribution < -0.4 is 5.32 Å². The molecule has 1 aromatic carbocycles. The van der Waals surface area contributed by atoms with Crippen LogP contribution in [-0.2, 0) is 14.3 Å². The van der Waals surface area contributed by atoms with E-state index < -0.39 is 17.8 Å². The highest BCUT2D eigenvalue weighted by Gasteiger charge is 2.27. The Bertz CT molecular complexity index is 482. The Hall–Kier alpha value is -1.88. The number of rotatable bonds is 6. The summed E-state index contributed by atoms with van der Waals surface area (Å²) >= 11 is 0. The molecule has 3 atom stereocenters. The van der Waals surface area contributed by atoms with Gasteiger partial charge in [-0.1, -0.05) is 30.3 Å². The predicted molar refractivity (Wildman–Crippen MR) is 77.7 cm³/mol. The van der Waals surface area contributed by atoms with Gasteiger partial charge < -0.3 is 15.2 Å². The molecule has 1 fully saturated rings. The SMILES string of the molecule is CC(C(=O)O)C(=O)NC(CC1CCOC1)c1ccccc1. The molecular weight excluding hydrogens is 270 g/mol. The first-order valence-corrected chi connectivity index (χ1v) is 7.23. The van der Waals surface area contributed by atoms with Crippen molar-refractivity contribution in [3.63, 3.8) is 0 Å². The molecule has 1 aliphatic heterocycles. The molecule has 0 spiro atoms. The van der Waals surface area contributed by atoms with E-state index >= 15 is 0 Å². The van der Waals surface area contributed by atoms with Gasteiger partial charge in [0.25, 0.3) is 0 Å². The lowest BCUT2D eigenvalue weighted by Gasteiger charge is -2.23. The minimum Gasteiger partial charge on any atom is -0.481 e. The van der Waals surface area contributed by atoms with E-state index in [1.807, 2.05) is 30.3 Å². The molecule has 0 aromatic heterocycles. The van der Waals surface area contributed by atoms with E-state index in [-0.39, 0.29) is 6.04 Å². The van der Waals surface area contributed by atoms with Crippen molar-refractivity contribution >= 4 is 11.9 Å². The normalized spacial score (nSPS) is 20.7. The third kappa shape index (κ3) is 4.29. The van der Waals surface area contributed by atoms with E-state index in [2.05, 4.69) is 5.32 Å². The van der Waals surface area contributed by atoms with Crippen molar-refractivity contribution < 1.29 is 19.4 Å². The van der Waals surface area contributed by atoms with Crippen LogP contribution in [0, 0.1) is 11.8 Å². The molecule has 1 saturated heterocycles. The number of carboxylic acid groups (broad SMARTS) is 1. The molecule has 114 valence electrons. The van der Waals surface area contributed by atoms with Crippen molar-refractivity contribution in [3.05, 3.63) is 35.9 Å². The zero-order valence-corrected chi connectivity index (χ0v) is 12.1. The second kappa shape index (κ2) is 7.22. The molecule has 1 aliphatic rings. The topological polar surface area (TPSA) is 75.6 Å². The first-order chi connectivity index (χ1) is 10.1. The quantitative estimate of drug-likeness (QED) is 0.786. The summed E-state index contributed by atoms with van der Waals surface area (Å²) in [6, 6.07) is 9.48. The Labute approximate surface area is 124 Å². The van der Waals surface area contributed by atoms with Gasteiger partial charge in [-0.05, 0) is 31.2 Å². The summed E-state index contributed by atoms with van der Waals surface area (Å²) in [6.45, 7) is 2.86. The number of hydrogen-bond acceptors (Lipinski definition) is 3. The molecule has 2 N–H and O–H groups in total. The monoisotopic (exact) mass is 291 g/mol. The van der Waals surface area contributed by atoms with Gasteiger partial charge >= 0.3 is 5.97 Å². The van der Waals surface area contributed by atoms with Crippen LogP contribution in [0.1, 0.15) is 31.4 Å². The van der Waals surface area contributed by atoms with E-state index in [1.54, 1.807) is 0 Å². The van der Waals surface area contributed by atoms with Gasteiger partial charge in [0.1, 0.15) is 5.92 Å². The summed E-state index contributed by atoms with van der Waals surface area (Å²) in [6.07, 6.45) is 1.75. The predicted octanol–water partition coefficient (Wildman–Crippen LogP) is 1.99. The Morgan fingerprint density at radius 1 is 1.38 bits per heavy atom. The zero-order valence-electron chi connectivity index (χ0n) is 12.1. The maximum absolute atomic E-state index is 12.0. The molecule has 0 radical (unpaired) electrons. The summed E-state index contributed by atoms with van der Waals surface area (Å²) in [5.74, 6) is -2.20. The Balaban J connectivity index is 2.08. The van der Waals surface area contributed by atoms with E-state index in [1.165, 1.54) is 6.92 Å². The average Bonchev–Trinajstić information content (AvgIpc) is 2.99. The van der Waals surface area contributed by atoms with Crippen LogP contribution in [0.2, 0.25) is 0 Å². The third-order valence-corrected chi connectivity index (χ3v) is 3.88. The van der Waals surface area contributed by atoms with Gasteiger partial charge in [-0.15, -0.1) is 0 Å². The fraction of sp³-hybridized carbons (Fsp3) is 0.500. The standard InChI is InChI=1S/C16H21NO4/c1-11(16(19)20)15(18)17-14(9-12-7-8-21-10-12)13-5-3-2-4-6-13/h2-6,11-12,14H,7-10H2,1H3,(H,17,18)(H,19,20). The van der Waals surface area contributed by atoms with E-state index in [0.717, 1.165) is 25.0 Å². The smallest absolute Gasteiger partial charge is 0.315 e. The van der Waals surface area contributed by atoms with Gasteiger partial charge in [0, 0.05) is 13.2 Å². The third-order valence-electron chi connectivity index (χ3n) is 3.88. The lowest BCUT2D eigenvalue weighted by atomic mass is 9.93. The first-order valence-electron chi connectivity index (χ1n) is 7.23. The van der Waals surface area contributed by atoms with Gasteiger partial charge in [0.05, 0.1) is 6.04 Å². The molecule has 1 amide bonds. The summed E-state index contributed by atoms with van der Waals surface area (Å²) in [7, 11) is 0. The lowest BCUT2D eigenvalue weighted by Crippen LogP contribution is -2.37. The maximum atomic E-state index is 12.0. The van der Waals surface area contributed by atoms with Crippen LogP contribution in [0.5, 0.6) is 0 Å². The van der Waals surface area contributed by atoms with Crippen LogP contribution >= 0.6 is 0 Å². The average molecular weight is 291 g/mol. The number of nitrogens with one attached hydrogen (secondary N) is 1. The van der Waals surface area contributed by atoms with Crippen molar-refractivity contribution in [2.45, 2.75) is 25.8 Å². The summed E-state index contributed by atoms with van der Waals surface area (Å²) < 4.78 is 5.38.